The summed E-state index contributed by atoms with van der Waals surface area (Å²) in [7, 11) is 0. The van der Waals surface area contributed by atoms with Crippen LogP contribution < -0.4 is 5.73 Å². The van der Waals surface area contributed by atoms with Crippen LogP contribution in [0.5, 0.6) is 0 Å². The molecule has 3 nitrogen and oxygen atoms in total. The molecule has 3 heteroatoms. The average molecular weight is 273 g/mol. The standard InChI is InChI=1S/C18H15N3/c19-15-9-4-10-16-18(15)21-17(20-16)11-13-7-3-6-12-5-1-2-8-14(12)13/h1-10H,11,19H2,(H,20,21). The van der Waals surface area contributed by atoms with E-state index in [2.05, 4.69) is 52.4 Å². The van der Waals surface area contributed by atoms with Crippen molar-refractivity contribution in [2.45, 2.75) is 6.42 Å². The van der Waals surface area contributed by atoms with Crippen LogP contribution in [-0.2, 0) is 6.42 Å². The summed E-state index contributed by atoms with van der Waals surface area (Å²) in [4.78, 5) is 7.99. The maximum Gasteiger partial charge on any atom is 0.111 e. The molecule has 0 saturated carbocycles. The quantitative estimate of drug-likeness (QED) is 0.544. The van der Waals surface area contributed by atoms with Crippen LogP contribution in [-0.4, -0.2) is 9.97 Å². The van der Waals surface area contributed by atoms with E-state index in [4.69, 9.17) is 5.73 Å². The van der Waals surface area contributed by atoms with Crippen LogP contribution in [0.4, 0.5) is 5.69 Å². The first kappa shape index (κ1) is 12.0. The summed E-state index contributed by atoms with van der Waals surface area (Å²) >= 11 is 0. The van der Waals surface area contributed by atoms with Crippen molar-refractivity contribution < 1.29 is 0 Å². The summed E-state index contributed by atoms with van der Waals surface area (Å²) in [5.41, 5.74) is 9.80. The molecule has 3 aromatic carbocycles. The Balaban J connectivity index is 1.81. The molecule has 21 heavy (non-hydrogen) atoms. The van der Waals surface area contributed by atoms with E-state index in [0.29, 0.717) is 5.69 Å². The molecule has 1 aromatic heterocycles. The van der Waals surface area contributed by atoms with Gasteiger partial charge in [-0.25, -0.2) is 4.98 Å². The van der Waals surface area contributed by atoms with Crippen LogP contribution in [0.15, 0.2) is 60.7 Å². The summed E-state index contributed by atoms with van der Waals surface area (Å²) in [5.74, 6) is 0.944. The third-order valence-corrected chi connectivity index (χ3v) is 3.83. The predicted octanol–water partition coefficient (Wildman–Crippen LogP) is 3.89. The Labute approximate surface area is 122 Å². The van der Waals surface area contributed by atoms with Crippen molar-refractivity contribution in [3.8, 4) is 0 Å². The second-order valence-corrected chi connectivity index (χ2v) is 5.24. The van der Waals surface area contributed by atoms with Gasteiger partial charge in [-0.2, -0.15) is 0 Å². The van der Waals surface area contributed by atoms with Gasteiger partial charge in [-0.15, -0.1) is 0 Å². The number of hydrogen-bond donors (Lipinski definition) is 2. The first-order chi connectivity index (χ1) is 10.3. The van der Waals surface area contributed by atoms with Gasteiger partial charge in [0.25, 0.3) is 0 Å². The molecule has 0 unspecified atom stereocenters. The summed E-state index contributed by atoms with van der Waals surface area (Å²) in [6.45, 7) is 0. The SMILES string of the molecule is Nc1cccc2[nH]c(Cc3cccc4ccccc34)nc12. The molecule has 0 aliphatic carbocycles. The van der Waals surface area contributed by atoms with Crippen molar-refractivity contribution >= 4 is 27.5 Å². The van der Waals surface area contributed by atoms with Crippen LogP contribution in [0.3, 0.4) is 0 Å². The lowest BCUT2D eigenvalue weighted by molar-refractivity contribution is 1.05. The smallest absolute Gasteiger partial charge is 0.111 e. The molecule has 0 fully saturated rings. The monoisotopic (exact) mass is 273 g/mol. The van der Waals surface area contributed by atoms with E-state index in [1.807, 2.05) is 18.2 Å². The minimum absolute atomic E-state index is 0.716. The number of H-pyrrole nitrogens is 1. The second kappa shape index (κ2) is 4.63. The number of imidazole rings is 1. The van der Waals surface area contributed by atoms with Crippen molar-refractivity contribution in [2.75, 3.05) is 5.73 Å². The maximum atomic E-state index is 5.97. The summed E-state index contributed by atoms with van der Waals surface area (Å²) < 4.78 is 0. The molecular formula is C18H15N3. The zero-order valence-corrected chi connectivity index (χ0v) is 11.5. The fourth-order valence-electron chi connectivity index (χ4n) is 2.82. The van der Waals surface area contributed by atoms with E-state index in [0.717, 1.165) is 23.3 Å². The molecule has 0 radical (unpaired) electrons. The number of aromatic amines is 1. The second-order valence-electron chi connectivity index (χ2n) is 5.24. The van der Waals surface area contributed by atoms with Crippen LogP contribution >= 0.6 is 0 Å². The number of hydrogen-bond acceptors (Lipinski definition) is 2. The largest absolute Gasteiger partial charge is 0.397 e. The number of nitrogens with one attached hydrogen (secondary N) is 1. The molecule has 102 valence electrons. The highest BCUT2D eigenvalue weighted by atomic mass is 14.9. The first-order valence-electron chi connectivity index (χ1n) is 7.01. The van der Waals surface area contributed by atoms with E-state index in [9.17, 15) is 0 Å². The van der Waals surface area contributed by atoms with Gasteiger partial charge in [0.15, 0.2) is 0 Å². The van der Waals surface area contributed by atoms with Crippen molar-refractivity contribution in [1.82, 2.24) is 9.97 Å². The van der Waals surface area contributed by atoms with Gasteiger partial charge >= 0.3 is 0 Å². The summed E-state index contributed by atoms with van der Waals surface area (Å²) in [5, 5.41) is 2.53. The van der Waals surface area contributed by atoms with Crippen LogP contribution in [0, 0.1) is 0 Å². The van der Waals surface area contributed by atoms with E-state index in [1.54, 1.807) is 0 Å². The third kappa shape index (κ3) is 2.03. The molecule has 0 aliphatic heterocycles. The lowest BCUT2D eigenvalue weighted by Crippen LogP contribution is -1.92. The Bertz CT molecular complexity index is 932. The van der Waals surface area contributed by atoms with Gasteiger partial charge in [-0.3, -0.25) is 0 Å². The molecule has 0 atom stereocenters. The molecule has 0 amide bonds. The number of anilines is 1. The fourth-order valence-corrected chi connectivity index (χ4v) is 2.82. The number of fused-ring (bicyclic) bond motifs is 2. The molecule has 3 N–H and O–H groups in total. The summed E-state index contributed by atoms with van der Waals surface area (Å²) in [6, 6.07) is 20.6. The molecule has 0 spiro atoms. The highest BCUT2D eigenvalue weighted by Gasteiger charge is 2.07. The van der Waals surface area contributed by atoms with Crippen molar-refractivity contribution in [2.24, 2.45) is 0 Å². The van der Waals surface area contributed by atoms with Gasteiger partial charge in [-0.05, 0) is 28.5 Å². The molecule has 4 aromatic rings. The molecule has 4 rings (SSSR count). The normalized spacial score (nSPS) is 11.2. The highest BCUT2D eigenvalue weighted by molar-refractivity contribution is 5.88. The molecule has 1 heterocycles. The minimum atomic E-state index is 0.716. The van der Waals surface area contributed by atoms with Crippen LogP contribution in [0.2, 0.25) is 0 Å². The molecule has 0 bridgehead atoms. The fraction of sp³-hybridized carbons (Fsp3) is 0.0556. The van der Waals surface area contributed by atoms with Gasteiger partial charge in [0.2, 0.25) is 0 Å². The van der Waals surface area contributed by atoms with Gasteiger partial charge in [0.05, 0.1) is 11.2 Å². The Kier molecular flexibility index (Phi) is 2.64. The zero-order chi connectivity index (χ0) is 14.2. The Morgan fingerprint density at radius 1 is 0.905 bits per heavy atom. The average Bonchev–Trinajstić information content (AvgIpc) is 2.92. The van der Waals surface area contributed by atoms with E-state index < -0.39 is 0 Å². The van der Waals surface area contributed by atoms with Gasteiger partial charge in [-0.1, -0.05) is 48.5 Å². The Morgan fingerprint density at radius 2 is 1.71 bits per heavy atom. The van der Waals surface area contributed by atoms with E-state index >= 15 is 0 Å². The topological polar surface area (TPSA) is 54.7 Å². The number of benzene rings is 3. The Hall–Kier alpha value is -2.81. The van der Waals surface area contributed by atoms with E-state index in [-0.39, 0.29) is 0 Å². The summed E-state index contributed by atoms with van der Waals surface area (Å²) in [6.07, 6.45) is 0.773. The number of nitrogens with two attached hydrogens (primary N) is 1. The number of nitrogen functional groups attached to an aromatic ring is 1. The van der Waals surface area contributed by atoms with E-state index in [1.165, 1.54) is 16.3 Å². The first-order valence-corrected chi connectivity index (χ1v) is 7.01. The highest BCUT2D eigenvalue weighted by Crippen LogP contribution is 2.23. The number of rotatable bonds is 2. The number of aromatic nitrogens is 2. The Morgan fingerprint density at radius 3 is 2.62 bits per heavy atom. The number of para-hydroxylation sites is 1. The van der Waals surface area contributed by atoms with Crippen molar-refractivity contribution in [1.29, 1.82) is 0 Å². The molecule has 0 saturated heterocycles. The van der Waals surface area contributed by atoms with Gasteiger partial charge in [0.1, 0.15) is 11.3 Å². The van der Waals surface area contributed by atoms with Crippen LogP contribution in [0.1, 0.15) is 11.4 Å². The molecular weight excluding hydrogens is 258 g/mol. The predicted molar refractivity (Wildman–Crippen MR) is 87.3 cm³/mol. The van der Waals surface area contributed by atoms with Crippen LogP contribution in [0.25, 0.3) is 21.8 Å². The van der Waals surface area contributed by atoms with Gasteiger partial charge < -0.3 is 10.7 Å². The van der Waals surface area contributed by atoms with Gasteiger partial charge in [0, 0.05) is 6.42 Å². The maximum absolute atomic E-state index is 5.97. The lowest BCUT2D eigenvalue weighted by Gasteiger charge is -2.04. The van der Waals surface area contributed by atoms with Crippen molar-refractivity contribution in [3.63, 3.8) is 0 Å². The number of nitrogens with zero attached hydrogens (tertiary/aromatic N) is 1. The third-order valence-electron chi connectivity index (χ3n) is 3.83. The molecule has 0 aliphatic rings. The lowest BCUT2D eigenvalue weighted by atomic mass is 10.0. The zero-order valence-electron chi connectivity index (χ0n) is 11.5. The minimum Gasteiger partial charge on any atom is -0.397 e. The van der Waals surface area contributed by atoms with Crippen molar-refractivity contribution in [3.05, 3.63) is 72.1 Å².